The maximum Gasteiger partial charge on any atom is 0.254 e. The van der Waals surface area contributed by atoms with Gasteiger partial charge in [-0.15, -0.1) is 0 Å². The molecule has 4 aromatic rings. The number of hydrogen-bond donors (Lipinski definition) is 0. The first-order valence-electron chi connectivity index (χ1n) is 11.8. The zero-order chi connectivity index (χ0) is 23.9. The molecule has 6 rings (SSSR count). The van der Waals surface area contributed by atoms with E-state index in [2.05, 4.69) is 4.57 Å². The SMILES string of the molecule is O=C(c1cccc(F)c1)N(CC(=O)N1c2ccccc2-n2cccc2C1c1ccccc1)C1CC1. The van der Waals surface area contributed by atoms with Gasteiger partial charge in [-0.3, -0.25) is 14.5 Å². The zero-order valence-corrected chi connectivity index (χ0v) is 19.0. The minimum atomic E-state index is -0.465. The summed E-state index contributed by atoms with van der Waals surface area (Å²) in [5.41, 5.74) is 3.95. The molecule has 0 bridgehead atoms. The van der Waals surface area contributed by atoms with Crippen molar-refractivity contribution in [3.8, 4) is 5.69 Å². The number of nitrogens with zero attached hydrogens (tertiary/aromatic N) is 3. The number of anilines is 1. The summed E-state index contributed by atoms with van der Waals surface area (Å²) in [7, 11) is 0. The highest BCUT2D eigenvalue weighted by molar-refractivity contribution is 6.03. The number of benzene rings is 3. The predicted octanol–water partition coefficient (Wildman–Crippen LogP) is 5.36. The van der Waals surface area contributed by atoms with Crippen LogP contribution in [0.1, 0.15) is 40.5 Å². The van der Waals surface area contributed by atoms with Crippen LogP contribution in [-0.4, -0.2) is 33.9 Å². The number of carbonyl (C=O) groups is 2. The third-order valence-electron chi connectivity index (χ3n) is 6.73. The highest BCUT2D eigenvalue weighted by Gasteiger charge is 2.40. The van der Waals surface area contributed by atoms with Crippen LogP contribution in [0.25, 0.3) is 5.69 Å². The van der Waals surface area contributed by atoms with E-state index in [4.69, 9.17) is 0 Å². The van der Waals surface area contributed by atoms with E-state index in [1.807, 2.05) is 77.8 Å². The average molecular weight is 466 g/mol. The Morgan fingerprint density at radius 3 is 2.34 bits per heavy atom. The number of halogens is 1. The van der Waals surface area contributed by atoms with Crippen LogP contribution in [0.2, 0.25) is 0 Å². The van der Waals surface area contributed by atoms with Gasteiger partial charge in [0.05, 0.1) is 17.1 Å². The number of aromatic nitrogens is 1. The van der Waals surface area contributed by atoms with Crippen molar-refractivity contribution in [3.05, 3.63) is 120 Å². The Morgan fingerprint density at radius 2 is 1.60 bits per heavy atom. The molecule has 1 aliphatic heterocycles. The number of carbonyl (C=O) groups excluding carboxylic acids is 2. The van der Waals surface area contributed by atoms with E-state index in [9.17, 15) is 14.0 Å². The number of rotatable bonds is 5. The first-order valence-corrected chi connectivity index (χ1v) is 11.8. The van der Waals surface area contributed by atoms with E-state index in [0.717, 1.165) is 35.5 Å². The van der Waals surface area contributed by atoms with Crippen LogP contribution in [0.15, 0.2) is 97.2 Å². The van der Waals surface area contributed by atoms with Crippen LogP contribution in [0.3, 0.4) is 0 Å². The fourth-order valence-corrected chi connectivity index (χ4v) is 4.97. The Bertz CT molecular complexity index is 1410. The summed E-state index contributed by atoms with van der Waals surface area (Å²) in [4.78, 5) is 30.8. The van der Waals surface area contributed by atoms with E-state index < -0.39 is 5.82 Å². The minimum Gasteiger partial charge on any atom is -0.326 e. The predicted molar refractivity (Wildman–Crippen MR) is 132 cm³/mol. The van der Waals surface area contributed by atoms with Gasteiger partial charge in [-0.05, 0) is 60.9 Å². The molecule has 6 heteroatoms. The Balaban J connectivity index is 1.41. The Labute approximate surface area is 203 Å². The molecule has 2 aliphatic rings. The van der Waals surface area contributed by atoms with Crippen molar-refractivity contribution < 1.29 is 14.0 Å². The van der Waals surface area contributed by atoms with Crippen LogP contribution in [0, 0.1) is 5.82 Å². The van der Waals surface area contributed by atoms with Gasteiger partial charge in [0.1, 0.15) is 18.4 Å². The lowest BCUT2D eigenvalue weighted by Gasteiger charge is -2.39. The third kappa shape index (κ3) is 3.81. The monoisotopic (exact) mass is 465 g/mol. The highest BCUT2D eigenvalue weighted by Crippen LogP contribution is 2.42. The highest BCUT2D eigenvalue weighted by atomic mass is 19.1. The van der Waals surface area contributed by atoms with Gasteiger partial charge in [0.15, 0.2) is 0 Å². The van der Waals surface area contributed by atoms with Crippen molar-refractivity contribution in [2.45, 2.75) is 24.9 Å². The summed E-state index contributed by atoms with van der Waals surface area (Å²) in [6, 6.07) is 27.1. The Kier molecular flexibility index (Phi) is 5.21. The zero-order valence-electron chi connectivity index (χ0n) is 19.0. The Morgan fingerprint density at radius 1 is 0.857 bits per heavy atom. The van der Waals surface area contributed by atoms with Gasteiger partial charge in [0, 0.05) is 17.8 Å². The summed E-state index contributed by atoms with van der Waals surface area (Å²) in [5, 5.41) is 0. The molecule has 0 spiro atoms. The molecule has 174 valence electrons. The molecule has 3 aromatic carbocycles. The lowest BCUT2D eigenvalue weighted by atomic mass is 9.97. The lowest BCUT2D eigenvalue weighted by Crippen LogP contribution is -2.47. The van der Waals surface area contributed by atoms with Gasteiger partial charge in [0.2, 0.25) is 5.91 Å². The van der Waals surface area contributed by atoms with Crippen molar-refractivity contribution in [2.75, 3.05) is 11.4 Å². The van der Waals surface area contributed by atoms with E-state index in [-0.39, 0.29) is 36.0 Å². The van der Waals surface area contributed by atoms with Crippen molar-refractivity contribution in [3.63, 3.8) is 0 Å². The normalized spacial score (nSPS) is 16.4. The van der Waals surface area contributed by atoms with E-state index in [0.29, 0.717) is 0 Å². The second-order valence-electron chi connectivity index (χ2n) is 9.04. The number of hydrogen-bond acceptors (Lipinski definition) is 2. The molecule has 1 aromatic heterocycles. The fraction of sp³-hybridized carbons (Fsp3) is 0.172. The van der Waals surface area contributed by atoms with Gasteiger partial charge in [-0.25, -0.2) is 4.39 Å². The maximum atomic E-state index is 14.1. The van der Waals surface area contributed by atoms with E-state index >= 15 is 0 Å². The standard InChI is InChI=1S/C29H24FN3O2/c30-22-11-6-10-21(18-22)29(35)32(23-15-16-23)19-27(34)33-25-13-5-4-12-24(25)31-17-7-14-26(31)28(33)20-8-2-1-3-9-20/h1-14,17-18,23,28H,15-16,19H2. The third-order valence-corrected chi connectivity index (χ3v) is 6.73. The molecule has 1 atom stereocenters. The van der Waals surface area contributed by atoms with E-state index in [1.165, 1.54) is 18.2 Å². The van der Waals surface area contributed by atoms with Crippen molar-refractivity contribution in [2.24, 2.45) is 0 Å². The van der Waals surface area contributed by atoms with Crippen LogP contribution >= 0.6 is 0 Å². The number of para-hydroxylation sites is 2. The van der Waals surface area contributed by atoms with Gasteiger partial charge in [0.25, 0.3) is 5.91 Å². The number of fused-ring (bicyclic) bond motifs is 3. The first-order chi connectivity index (χ1) is 17.1. The van der Waals surface area contributed by atoms with Gasteiger partial charge in [-0.1, -0.05) is 48.5 Å². The minimum absolute atomic E-state index is 0.00575. The smallest absolute Gasteiger partial charge is 0.254 e. The second-order valence-corrected chi connectivity index (χ2v) is 9.04. The molecular formula is C29H24FN3O2. The molecule has 1 aliphatic carbocycles. The summed E-state index contributed by atoms with van der Waals surface area (Å²) in [5.74, 6) is -0.950. The van der Waals surface area contributed by atoms with Gasteiger partial charge in [-0.2, -0.15) is 0 Å². The van der Waals surface area contributed by atoms with Crippen LogP contribution in [0.5, 0.6) is 0 Å². The summed E-state index contributed by atoms with van der Waals surface area (Å²) >= 11 is 0. The first kappa shape index (κ1) is 21.4. The molecule has 1 unspecified atom stereocenters. The summed E-state index contributed by atoms with van der Waals surface area (Å²) < 4.78 is 15.9. The molecule has 0 saturated heterocycles. The van der Waals surface area contributed by atoms with Crippen LogP contribution < -0.4 is 4.90 Å². The molecular weight excluding hydrogens is 441 g/mol. The van der Waals surface area contributed by atoms with E-state index in [1.54, 1.807) is 11.0 Å². The fourth-order valence-electron chi connectivity index (χ4n) is 4.97. The maximum absolute atomic E-state index is 14.1. The molecule has 35 heavy (non-hydrogen) atoms. The van der Waals surface area contributed by atoms with Crippen LogP contribution in [-0.2, 0) is 4.79 Å². The van der Waals surface area contributed by atoms with Gasteiger partial charge >= 0.3 is 0 Å². The summed E-state index contributed by atoms with van der Waals surface area (Å²) in [6.45, 7) is -0.0710. The number of amides is 2. The quantitative estimate of drug-likeness (QED) is 0.399. The molecule has 2 heterocycles. The molecule has 0 N–H and O–H groups in total. The largest absolute Gasteiger partial charge is 0.326 e. The molecule has 1 saturated carbocycles. The second kappa shape index (κ2) is 8.55. The molecule has 1 fully saturated rings. The lowest BCUT2D eigenvalue weighted by molar-refractivity contribution is -0.119. The topological polar surface area (TPSA) is 45.6 Å². The van der Waals surface area contributed by atoms with Crippen molar-refractivity contribution in [1.82, 2.24) is 9.47 Å². The van der Waals surface area contributed by atoms with Gasteiger partial charge < -0.3 is 9.47 Å². The van der Waals surface area contributed by atoms with Crippen molar-refractivity contribution in [1.29, 1.82) is 0 Å². The Hall–Kier alpha value is -4.19. The molecule has 5 nitrogen and oxygen atoms in total. The molecule has 2 amide bonds. The van der Waals surface area contributed by atoms with Crippen molar-refractivity contribution >= 4 is 17.5 Å². The van der Waals surface area contributed by atoms with Crippen LogP contribution in [0.4, 0.5) is 10.1 Å². The average Bonchev–Trinajstić information content (AvgIpc) is 3.61. The summed E-state index contributed by atoms with van der Waals surface area (Å²) in [6.07, 6.45) is 3.70. The molecule has 0 radical (unpaired) electrons.